The number of halogens is 2. The Morgan fingerprint density at radius 2 is 2.11 bits per heavy atom. The maximum absolute atomic E-state index is 8.62. The number of aliphatic hydroxyl groups excluding tert-OH is 1. The number of rotatable bonds is 3. The average molecular weight is 313 g/mol. The third kappa shape index (κ3) is 4.15. The lowest BCUT2D eigenvalue weighted by atomic mass is 10.3. The van der Waals surface area contributed by atoms with Gasteiger partial charge in [-0.15, -0.1) is 11.3 Å². The van der Waals surface area contributed by atoms with Crippen molar-refractivity contribution in [2.45, 2.75) is 6.61 Å². The van der Waals surface area contributed by atoms with Crippen LogP contribution in [0, 0.1) is 11.8 Å². The molecule has 0 amide bonds. The summed E-state index contributed by atoms with van der Waals surface area (Å²) < 4.78 is 5.62. The van der Waals surface area contributed by atoms with Crippen LogP contribution in [0.5, 0.6) is 5.75 Å². The van der Waals surface area contributed by atoms with Crippen LogP contribution in [0.15, 0.2) is 29.6 Å². The van der Waals surface area contributed by atoms with Crippen molar-refractivity contribution in [1.82, 2.24) is 0 Å². The highest BCUT2D eigenvalue weighted by atomic mass is 35.5. The van der Waals surface area contributed by atoms with E-state index >= 15 is 0 Å². The molecule has 0 aliphatic heterocycles. The van der Waals surface area contributed by atoms with E-state index in [1.807, 2.05) is 11.4 Å². The summed E-state index contributed by atoms with van der Waals surface area (Å²) in [5.41, 5.74) is 0.875. The highest BCUT2D eigenvalue weighted by Gasteiger charge is 2.04. The van der Waals surface area contributed by atoms with Gasteiger partial charge in [-0.1, -0.05) is 35.0 Å². The molecule has 0 spiro atoms. The lowest BCUT2D eigenvalue weighted by Crippen LogP contribution is -1.93. The second kappa shape index (κ2) is 6.83. The molecule has 1 heterocycles. The largest absolute Gasteiger partial charge is 0.487 e. The Bertz CT molecular complexity index is 626. The summed E-state index contributed by atoms with van der Waals surface area (Å²) in [6.45, 7) is 0.287. The molecule has 19 heavy (non-hydrogen) atoms. The maximum atomic E-state index is 8.62. The molecule has 0 bridgehead atoms. The van der Waals surface area contributed by atoms with Gasteiger partial charge in [0.15, 0.2) is 0 Å². The summed E-state index contributed by atoms with van der Waals surface area (Å²) in [6.07, 6.45) is 0. The lowest BCUT2D eigenvalue weighted by Gasteiger charge is -2.06. The van der Waals surface area contributed by atoms with E-state index in [9.17, 15) is 0 Å². The summed E-state index contributed by atoms with van der Waals surface area (Å²) in [5, 5.41) is 11.6. The molecular formula is C14H10Cl2O2S. The van der Waals surface area contributed by atoms with Gasteiger partial charge < -0.3 is 9.84 Å². The van der Waals surface area contributed by atoms with Crippen LogP contribution in [0.4, 0.5) is 0 Å². The standard InChI is InChI=1S/C14H10Cl2O2S/c15-11-3-4-14(13(16)7-11)18-8-12-6-10(9-19-12)2-1-5-17/h3-4,6-7,9,17H,5,8H2. The normalized spacial score (nSPS) is 9.84. The molecule has 2 aromatic rings. The molecule has 1 aromatic heterocycles. The molecule has 1 aromatic carbocycles. The first-order chi connectivity index (χ1) is 9.19. The molecule has 0 saturated carbocycles. The fourth-order valence-corrected chi connectivity index (χ4v) is 2.59. The average Bonchev–Trinajstić information content (AvgIpc) is 2.83. The molecule has 0 fully saturated rings. The van der Waals surface area contributed by atoms with E-state index in [4.69, 9.17) is 33.0 Å². The Labute approximate surface area is 125 Å². The van der Waals surface area contributed by atoms with Crippen molar-refractivity contribution in [2.75, 3.05) is 6.61 Å². The first-order valence-corrected chi connectivity index (χ1v) is 7.07. The predicted molar refractivity (Wildman–Crippen MR) is 79.1 cm³/mol. The van der Waals surface area contributed by atoms with E-state index < -0.39 is 0 Å². The van der Waals surface area contributed by atoms with Gasteiger partial charge in [0, 0.05) is 20.8 Å². The Morgan fingerprint density at radius 3 is 2.84 bits per heavy atom. The molecule has 5 heteroatoms. The van der Waals surface area contributed by atoms with Crippen molar-refractivity contribution in [3.05, 3.63) is 50.1 Å². The quantitative estimate of drug-likeness (QED) is 0.869. The van der Waals surface area contributed by atoms with Gasteiger partial charge in [0.2, 0.25) is 0 Å². The van der Waals surface area contributed by atoms with Gasteiger partial charge in [-0.05, 0) is 24.3 Å². The number of hydrogen-bond acceptors (Lipinski definition) is 3. The number of hydrogen-bond donors (Lipinski definition) is 1. The molecule has 98 valence electrons. The Balaban J connectivity index is 2.00. The zero-order valence-corrected chi connectivity index (χ0v) is 12.1. The first kappa shape index (κ1) is 14.2. The van der Waals surface area contributed by atoms with Crippen LogP contribution in [-0.4, -0.2) is 11.7 Å². The van der Waals surface area contributed by atoms with Crippen LogP contribution >= 0.6 is 34.5 Å². The molecule has 1 N–H and O–H groups in total. The molecule has 0 atom stereocenters. The van der Waals surface area contributed by atoms with E-state index in [0.29, 0.717) is 22.4 Å². The number of ether oxygens (including phenoxy) is 1. The topological polar surface area (TPSA) is 29.5 Å². The monoisotopic (exact) mass is 312 g/mol. The highest BCUT2D eigenvalue weighted by molar-refractivity contribution is 7.10. The van der Waals surface area contributed by atoms with Crippen LogP contribution in [0.2, 0.25) is 10.0 Å². The first-order valence-electron chi connectivity index (χ1n) is 5.44. The molecule has 2 nitrogen and oxygen atoms in total. The Hall–Kier alpha value is -1.18. The van der Waals surface area contributed by atoms with Crippen molar-refractivity contribution in [2.24, 2.45) is 0 Å². The van der Waals surface area contributed by atoms with Gasteiger partial charge in [0.05, 0.1) is 5.02 Å². The van der Waals surface area contributed by atoms with Crippen LogP contribution in [0.1, 0.15) is 10.4 Å². The highest BCUT2D eigenvalue weighted by Crippen LogP contribution is 2.28. The summed E-state index contributed by atoms with van der Waals surface area (Å²) in [6, 6.07) is 7.04. The number of aliphatic hydroxyl groups is 1. The van der Waals surface area contributed by atoms with E-state index in [-0.39, 0.29) is 6.61 Å². The van der Waals surface area contributed by atoms with Crippen LogP contribution in [-0.2, 0) is 6.61 Å². The van der Waals surface area contributed by atoms with Crippen molar-refractivity contribution >= 4 is 34.5 Å². The minimum atomic E-state index is -0.137. The zero-order chi connectivity index (χ0) is 13.7. The molecule has 2 rings (SSSR count). The van der Waals surface area contributed by atoms with Gasteiger partial charge in [-0.2, -0.15) is 0 Å². The van der Waals surface area contributed by atoms with Gasteiger partial charge >= 0.3 is 0 Å². The molecule has 0 unspecified atom stereocenters. The minimum absolute atomic E-state index is 0.137. The Morgan fingerprint density at radius 1 is 1.26 bits per heavy atom. The van der Waals surface area contributed by atoms with Crippen LogP contribution in [0.25, 0.3) is 0 Å². The van der Waals surface area contributed by atoms with Crippen molar-refractivity contribution in [1.29, 1.82) is 0 Å². The maximum Gasteiger partial charge on any atom is 0.138 e. The van der Waals surface area contributed by atoms with Crippen molar-refractivity contribution < 1.29 is 9.84 Å². The van der Waals surface area contributed by atoms with Gasteiger partial charge in [0.1, 0.15) is 19.0 Å². The summed E-state index contributed by atoms with van der Waals surface area (Å²) in [5.74, 6) is 6.05. The molecule has 0 saturated heterocycles. The summed E-state index contributed by atoms with van der Waals surface area (Å²) >= 11 is 13.4. The fraction of sp³-hybridized carbons (Fsp3) is 0.143. The van der Waals surface area contributed by atoms with Crippen LogP contribution < -0.4 is 4.74 Å². The number of thiophene rings is 1. The van der Waals surface area contributed by atoms with E-state index in [1.165, 1.54) is 0 Å². The van der Waals surface area contributed by atoms with Crippen molar-refractivity contribution in [3.63, 3.8) is 0 Å². The van der Waals surface area contributed by atoms with E-state index in [2.05, 4.69) is 11.8 Å². The summed E-state index contributed by atoms with van der Waals surface area (Å²) in [7, 11) is 0. The lowest BCUT2D eigenvalue weighted by molar-refractivity contribution is 0.310. The van der Waals surface area contributed by atoms with Crippen LogP contribution in [0.3, 0.4) is 0 Å². The predicted octanol–water partition coefficient (Wildman–Crippen LogP) is 3.98. The third-order valence-corrected chi connectivity index (χ3v) is 3.67. The van der Waals surface area contributed by atoms with E-state index in [1.54, 1.807) is 29.5 Å². The van der Waals surface area contributed by atoms with Gasteiger partial charge in [0.25, 0.3) is 0 Å². The second-order valence-corrected chi connectivity index (χ2v) is 5.46. The van der Waals surface area contributed by atoms with Crippen molar-refractivity contribution in [3.8, 4) is 17.6 Å². The zero-order valence-electron chi connectivity index (χ0n) is 9.82. The second-order valence-electron chi connectivity index (χ2n) is 3.63. The molecule has 0 aliphatic carbocycles. The SMILES string of the molecule is OCC#Cc1csc(COc2ccc(Cl)cc2Cl)c1. The molecule has 0 aliphatic rings. The molecular weight excluding hydrogens is 303 g/mol. The smallest absolute Gasteiger partial charge is 0.138 e. The summed E-state index contributed by atoms with van der Waals surface area (Å²) in [4.78, 5) is 1.04. The van der Waals surface area contributed by atoms with E-state index in [0.717, 1.165) is 10.4 Å². The number of benzene rings is 1. The third-order valence-electron chi connectivity index (χ3n) is 2.23. The fourth-order valence-electron chi connectivity index (χ4n) is 1.40. The Kier molecular flexibility index (Phi) is 5.12. The molecule has 0 radical (unpaired) electrons. The minimum Gasteiger partial charge on any atom is -0.487 e. The van der Waals surface area contributed by atoms with Gasteiger partial charge in [-0.25, -0.2) is 0 Å². The van der Waals surface area contributed by atoms with Gasteiger partial charge in [-0.3, -0.25) is 0 Å².